The molecule has 0 aliphatic carbocycles. The maximum absolute atomic E-state index is 11.9. The Bertz CT molecular complexity index is 301. The van der Waals surface area contributed by atoms with E-state index in [0.29, 0.717) is 32.1 Å². The van der Waals surface area contributed by atoms with Crippen molar-refractivity contribution in [2.45, 2.75) is 40.2 Å². The Morgan fingerprint density at radius 3 is 2.47 bits per heavy atom. The molecule has 0 unspecified atom stereocenters. The van der Waals surface area contributed by atoms with Gasteiger partial charge >= 0.3 is 0 Å². The van der Waals surface area contributed by atoms with Gasteiger partial charge in [-0.1, -0.05) is 26.0 Å². The summed E-state index contributed by atoms with van der Waals surface area (Å²) in [6, 6.07) is -0.519. The zero-order chi connectivity index (χ0) is 14.7. The van der Waals surface area contributed by atoms with E-state index in [2.05, 4.69) is 10.6 Å². The molecule has 0 fully saturated rings. The molecule has 0 radical (unpaired) electrons. The molecule has 2 amide bonds. The third-order valence-corrected chi connectivity index (χ3v) is 2.34. The first kappa shape index (κ1) is 17.6. The lowest BCUT2D eigenvalue weighted by molar-refractivity contribution is -0.128. The van der Waals surface area contributed by atoms with Gasteiger partial charge in [0, 0.05) is 20.1 Å². The van der Waals surface area contributed by atoms with Crippen molar-refractivity contribution in [3.05, 3.63) is 12.2 Å². The van der Waals surface area contributed by atoms with Crippen molar-refractivity contribution in [2.75, 3.05) is 19.8 Å². The SMILES string of the molecule is CCOC/C=C/C[C@H](NC(C)=O)C(=O)NCC(C)C. The first-order chi connectivity index (χ1) is 8.97. The summed E-state index contributed by atoms with van der Waals surface area (Å²) in [5.74, 6) is 0.0308. The molecule has 0 rings (SSSR count). The molecule has 2 N–H and O–H groups in total. The Balaban J connectivity index is 4.24. The van der Waals surface area contributed by atoms with E-state index in [1.54, 1.807) is 0 Å². The first-order valence-corrected chi connectivity index (χ1v) is 6.74. The average Bonchev–Trinajstić information content (AvgIpc) is 2.33. The molecule has 5 heteroatoms. The van der Waals surface area contributed by atoms with E-state index in [1.165, 1.54) is 6.92 Å². The van der Waals surface area contributed by atoms with Crippen molar-refractivity contribution in [1.82, 2.24) is 10.6 Å². The van der Waals surface area contributed by atoms with Crippen LogP contribution in [0.25, 0.3) is 0 Å². The van der Waals surface area contributed by atoms with Gasteiger partial charge in [-0.25, -0.2) is 0 Å². The van der Waals surface area contributed by atoms with Crippen molar-refractivity contribution >= 4 is 11.8 Å². The number of amides is 2. The lowest BCUT2D eigenvalue weighted by Crippen LogP contribution is -2.46. The number of ether oxygens (including phenoxy) is 1. The van der Waals surface area contributed by atoms with Gasteiger partial charge in [-0.3, -0.25) is 9.59 Å². The minimum absolute atomic E-state index is 0.148. The van der Waals surface area contributed by atoms with E-state index in [-0.39, 0.29) is 11.8 Å². The topological polar surface area (TPSA) is 67.4 Å². The Hall–Kier alpha value is -1.36. The van der Waals surface area contributed by atoms with Crippen LogP contribution in [0.15, 0.2) is 12.2 Å². The van der Waals surface area contributed by atoms with Crippen LogP contribution in [-0.2, 0) is 14.3 Å². The molecule has 0 aliphatic heterocycles. The van der Waals surface area contributed by atoms with Crippen LogP contribution in [0.1, 0.15) is 34.1 Å². The number of rotatable bonds is 9. The Labute approximate surface area is 115 Å². The van der Waals surface area contributed by atoms with Crippen LogP contribution in [0, 0.1) is 5.92 Å². The quantitative estimate of drug-likeness (QED) is 0.489. The third kappa shape index (κ3) is 10.3. The van der Waals surface area contributed by atoms with E-state index in [9.17, 15) is 9.59 Å². The zero-order valence-corrected chi connectivity index (χ0v) is 12.4. The van der Waals surface area contributed by atoms with Crippen LogP contribution >= 0.6 is 0 Å². The van der Waals surface area contributed by atoms with E-state index in [0.717, 1.165) is 0 Å². The Morgan fingerprint density at radius 1 is 1.26 bits per heavy atom. The zero-order valence-electron chi connectivity index (χ0n) is 12.4. The molecule has 0 aromatic heterocycles. The second kappa shape index (κ2) is 10.6. The van der Waals surface area contributed by atoms with Crippen LogP contribution in [0.5, 0.6) is 0 Å². The summed E-state index contributed by atoms with van der Waals surface area (Å²) in [6.07, 6.45) is 4.18. The highest BCUT2D eigenvalue weighted by Gasteiger charge is 2.17. The predicted octanol–water partition coefficient (Wildman–Crippen LogP) is 1.25. The van der Waals surface area contributed by atoms with Gasteiger partial charge in [0.2, 0.25) is 11.8 Å². The summed E-state index contributed by atoms with van der Waals surface area (Å²) in [4.78, 5) is 23.0. The molecule has 110 valence electrons. The number of hydrogen-bond donors (Lipinski definition) is 2. The number of nitrogens with one attached hydrogen (secondary N) is 2. The molecule has 0 spiro atoms. The summed E-state index contributed by atoms with van der Waals surface area (Å²) in [5, 5.41) is 5.47. The first-order valence-electron chi connectivity index (χ1n) is 6.74. The van der Waals surface area contributed by atoms with Gasteiger partial charge in [-0.2, -0.15) is 0 Å². The lowest BCUT2D eigenvalue weighted by Gasteiger charge is -2.17. The monoisotopic (exact) mass is 270 g/mol. The molecular formula is C14H26N2O3. The summed E-state index contributed by atoms with van der Waals surface area (Å²) in [7, 11) is 0. The molecule has 1 atom stereocenters. The smallest absolute Gasteiger partial charge is 0.242 e. The molecule has 0 heterocycles. The second-order valence-electron chi connectivity index (χ2n) is 4.76. The highest BCUT2D eigenvalue weighted by atomic mass is 16.5. The van der Waals surface area contributed by atoms with Gasteiger partial charge in [-0.05, 0) is 19.3 Å². The molecule has 0 saturated carbocycles. The minimum Gasteiger partial charge on any atom is -0.378 e. The van der Waals surface area contributed by atoms with Gasteiger partial charge in [-0.15, -0.1) is 0 Å². The average molecular weight is 270 g/mol. The number of carbonyl (C=O) groups excluding carboxylic acids is 2. The molecule has 0 bridgehead atoms. The summed E-state index contributed by atoms with van der Waals surface area (Å²) >= 11 is 0. The summed E-state index contributed by atoms with van der Waals surface area (Å²) in [6.45, 7) is 9.17. The van der Waals surface area contributed by atoms with Crippen LogP contribution in [0.2, 0.25) is 0 Å². The van der Waals surface area contributed by atoms with Crippen LogP contribution in [-0.4, -0.2) is 37.6 Å². The van der Waals surface area contributed by atoms with Gasteiger partial charge in [0.05, 0.1) is 6.61 Å². The standard InChI is InChI=1S/C14H26N2O3/c1-5-19-9-7-6-8-13(16-12(4)17)14(18)15-10-11(2)3/h6-7,11,13H,5,8-10H2,1-4H3,(H,15,18)(H,16,17)/b7-6+/t13-/m0/s1. The van der Waals surface area contributed by atoms with E-state index in [4.69, 9.17) is 4.74 Å². The fraction of sp³-hybridized carbons (Fsp3) is 0.714. The maximum atomic E-state index is 11.9. The van der Waals surface area contributed by atoms with Crippen LogP contribution in [0.4, 0.5) is 0 Å². The van der Waals surface area contributed by atoms with Gasteiger partial charge in [0.25, 0.3) is 0 Å². The molecule has 0 saturated heterocycles. The fourth-order valence-corrected chi connectivity index (χ4v) is 1.39. The van der Waals surface area contributed by atoms with E-state index < -0.39 is 6.04 Å². The van der Waals surface area contributed by atoms with Crippen LogP contribution < -0.4 is 10.6 Å². The fourth-order valence-electron chi connectivity index (χ4n) is 1.39. The molecule has 19 heavy (non-hydrogen) atoms. The summed E-state index contributed by atoms with van der Waals surface area (Å²) < 4.78 is 5.16. The molecular weight excluding hydrogens is 244 g/mol. The van der Waals surface area contributed by atoms with Gasteiger partial charge < -0.3 is 15.4 Å². The lowest BCUT2D eigenvalue weighted by atomic mass is 10.1. The number of carbonyl (C=O) groups is 2. The highest BCUT2D eigenvalue weighted by molar-refractivity contribution is 5.86. The summed E-state index contributed by atoms with van der Waals surface area (Å²) in [5.41, 5.74) is 0. The molecule has 0 aromatic rings. The van der Waals surface area contributed by atoms with Crippen molar-refractivity contribution in [1.29, 1.82) is 0 Å². The van der Waals surface area contributed by atoms with E-state index in [1.807, 2.05) is 32.9 Å². The Morgan fingerprint density at radius 2 is 1.95 bits per heavy atom. The van der Waals surface area contributed by atoms with Gasteiger partial charge in [0.1, 0.15) is 6.04 Å². The molecule has 0 aliphatic rings. The Kier molecular flexibility index (Phi) is 9.80. The van der Waals surface area contributed by atoms with Gasteiger partial charge in [0.15, 0.2) is 0 Å². The maximum Gasteiger partial charge on any atom is 0.242 e. The highest BCUT2D eigenvalue weighted by Crippen LogP contribution is 1.97. The van der Waals surface area contributed by atoms with Crippen molar-refractivity contribution in [3.8, 4) is 0 Å². The van der Waals surface area contributed by atoms with Crippen LogP contribution in [0.3, 0.4) is 0 Å². The minimum atomic E-state index is -0.519. The number of hydrogen-bond acceptors (Lipinski definition) is 3. The normalized spacial score (nSPS) is 12.7. The van der Waals surface area contributed by atoms with Crippen molar-refractivity contribution in [2.24, 2.45) is 5.92 Å². The van der Waals surface area contributed by atoms with E-state index >= 15 is 0 Å². The van der Waals surface area contributed by atoms with Crippen molar-refractivity contribution in [3.63, 3.8) is 0 Å². The predicted molar refractivity (Wildman–Crippen MR) is 75.7 cm³/mol. The molecule has 0 aromatic carbocycles. The second-order valence-corrected chi connectivity index (χ2v) is 4.76. The third-order valence-electron chi connectivity index (χ3n) is 2.34. The van der Waals surface area contributed by atoms with Crippen molar-refractivity contribution < 1.29 is 14.3 Å². The molecule has 5 nitrogen and oxygen atoms in total. The largest absolute Gasteiger partial charge is 0.378 e.